The molecule has 96 valence electrons. The fourth-order valence-corrected chi connectivity index (χ4v) is 2.28. The Kier molecular flexibility index (Phi) is 2.71. The topological polar surface area (TPSA) is 41.8 Å². The number of para-hydroxylation sites is 1. The Morgan fingerprint density at radius 3 is 2.84 bits per heavy atom. The van der Waals surface area contributed by atoms with E-state index in [0.29, 0.717) is 16.2 Å². The molecule has 0 saturated carbocycles. The first-order valence-corrected chi connectivity index (χ1v) is 6.23. The van der Waals surface area contributed by atoms with Crippen LogP contribution in [0.2, 0.25) is 0 Å². The summed E-state index contributed by atoms with van der Waals surface area (Å²) < 4.78 is 19.8. The number of benzene rings is 1. The van der Waals surface area contributed by atoms with Gasteiger partial charge in [0.15, 0.2) is 17.2 Å². The highest BCUT2D eigenvalue weighted by Gasteiger charge is 2.13. The number of nitrogens with one attached hydrogen (secondary N) is 1. The van der Waals surface area contributed by atoms with Crippen LogP contribution in [-0.4, -0.2) is 9.97 Å². The Hall–Kier alpha value is -2.01. The summed E-state index contributed by atoms with van der Waals surface area (Å²) in [6.07, 6.45) is 0. The molecule has 0 amide bonds. The zero-order valence-corrected chi connectivity index (χ0v) is 11.3. The molecule has 3 aromatic rings. The minimum absolute atomic E-state index is 0.255. The predicted molar refractivity (Wildman–Crippen MR) is 74.1 cm³/mol. The molecule has 3 nitrogen and oxygen atoms in total. The summed E-state index contributed by atoms with van der Waals surface area (Å²) in [4.78, 5) is 7.29. The van der Waals surface area contributed by atoms with Crippen LogP contribution < -0.4 is 0 Å². The van der Waals surface area contributed by atoms with Gasteiger partial charge in [0.05, 0.1) is 5.69 Å². The van der Waals surface area contributed by atoms with Crippen LogP contribution in [0.4, 0.5) is 4.39 Å². The lowest BCUT2D eigenvalue weighted by Crippen LogP contribution is -1.95. The number of fused-ring (bicyclic) bond motifs is 1. The van der Waals surface area contributed by atoms with Crippen molar-refractivity contribution in [3.05, 3.63) is 46.1 Å². The van der Waals surface area contributed by atoms with Gasteiger partial charge >= 0.3 is 0 Å². The number of aromatic nitrogens is 2. The molecule has 0 radical (unpaired) electrons. The number of furan rings is 1. The number of hydrogen-bond donors (Lipinski definition) is 1. The van der Waals surface area contributed by atoms with E-state index in [-0.39, 0.29) is 11.4 Å². The highest BCUT2D eigenvalue weighted by Crippen LogP contribution is 2.30. The summed E-state index contributed by atoms with van der Waals surface area (Å²) in [5.74, 6) is 0.895. The molecule has 0 bridgehead atoms. The first-order valence-electron chi connectivity index (χ1n) is 5.82. The molecule has 0 spiro atoms. The van der Waals surface area contributed by atoms with Crippen molar-refractivity contribution < 1.29 is 8.81 Å². The predicted octanol–water partition coefficient (Wildman–Crippen LogP) is 4.31. The number of nitrogens with zero attached hydrogens (tertiary/aromatic N) is 1. The van der Waals surface area contributed by atoms with Gasteiger partial charge in [-0.3, -0.25) is 0 Å². The molecule has 19 heavy (non-hydrogen) atoms. The van der Waals surface area contributed by atoms with Gasteiger partial charge in [-0.2, -0.15) is 0 Å². The van der Waals surface area contributed by atoms with Crippen LogP contribution >= 0.6 is 12.2 Å². The van der Waals surface area contributed by atoms with Gasteiger partial charge < -0.3 is 9.40 Å². The molecule has 2 aromatic heterocycles. The minimum atomic E-state index is -0.370. The van der Waals surface area contributed by atoms with Crippen molar-refractivity contribution in [3.8, 4) is 11.5 Å². The fourth-order valence-electron chi connectivity index (χ4n) is 2.04. The van der Waals surface area contributed by atoms with Crippen molar-refractivity contribution in [1.29, 1.82) is 0 Å². The molecular weight excluding hydrogens is 263 g/mol. The molecule has 2 heterocycles. The number of aromatic amines is 1. The Morgan fingerprint density at radius 1 is 1.32 bits per heavy atom. The van der Waals surface area contributed by atoms with E-state index in [1.165, 1.54) is 6.07 Å². The molecule has 0 unspecified atom stereocenters. The van der Waals surface area contributed by atoms with Crippen molar-refractivity contribution in [3.63, 3.8) is 0 Å². The number of rotatable bonds is 1. The van der Waals surface area contributed by atoms with Crippen molar-refractivity contribution in [2.75, 3.05) is 0 Å². The van der Waals surface area contributed by atoms with Crippen LogP contribution in [0.3, 0.4) is 0 Å². The molecule has 0 saturated heterocycles. The average Bonchev–Trinajstić information content (AvgIpc) is 2.79. The van der Waals surface area contributed by atoms with Crippen molar-refractivity contribution >= 4 is 23.2 Å². The molecule has 0 fully saturated rings. The van der Waals surface area contributed by atoms with Crippen LogP contribution in [-0.2, 0) is 0 Å². The van der Waals surface area contributed by atoms with E-state index in [1.54, 1.807) is 12.1 Å². The second kappa shape index (κ2) is 4.28. The standard InChI is InChI=1S/C14H11FN2OS/c1-7-12(16-8(2)17-14(7)19)11-6-9-4-3-5-10(15)13(9)18-11/h3-6H,1-2H3,(H,16,17,19). The summed E-state index contributed by atoms with van der Waals surface area (Å²) in [6.45, 7) is 3.69. The first kappa shape index (κ1) is 12.0. The molecule has 5 heteroatoms. The quantitative estimate of drug-likeness (QED) is 0.672. The van der Waals surface area contributed by atoms with E-state index >= 15 is 0 Å². The zero-order valence-electron chi connectivity index (χ0n) is 10.5. The maximum atomic E-state index is 13.6. The van der Waals surface area contributed by atoms with E-state index < -0.39 is 0 Å². The third-order valence-corrected chi connectivity index (χ3v) is 3.41. The van der Waals surface area contributed by atoms with Crippen LogP contribution in [0, 0.1) is 24.3 Å². The molecule has 1 aromatic carbocycles. The van der Waals surface area contributed by atoms with Crippen LogP contribution in [0.25, 0.3) is 22.4 Å². The Balaban J connectivity index is 2.31. The summed E-state index contributed by atoms with van der Waals surface area (Å²) in [6, 6.07) is 6.64. The van der Waals surface area contributed by atoms with Crippen molar-refractivity contribution in [1.82, 2.24) is 9.97 Å². The molecular formula is C14H11FN2OS. The second-order valence-corrected chi connectivity index (χ2v) is 4.78. The third-order valence-electron chi connectivity index (χ3n) is 3.01. The van der Waals surface area contributed by atoms with E-state index in [0.717, 1.165) is 16.6 Å². The first-order chi connectivity index (χ1) is 9.06. The van der Waals surface area contributed by atoms with Gasteiger partial charge in [-0.15, -0.1) is 0 Å². The van der Waals surface area contributed by atoms with Crippen LogP contribution in [0.5, 0.6) is 0 Å². The summed E-state index contributed by atoms with van der Waals surface area (Å²) >= 11 is 5.19. The largest absolute Gasteiger partial charge is 0.451 e. The van der Waals surface area contributed by atoms with Gasteiger partial charge in [0.25, 0.3) is 0 Å². The number of H-pyrrole nitrogens is 1. The smallest absolute Gasteiger partial charge is 0.170 e. The third kappa shape index (κ3) is 1.96. The van der Waals surface area contributed by atoms with Crippen molar-refractivity contribution in [2.45, 2.75) is 13.8 Å². The Morgan fingerprint density at radius 2 is 2.11 bits per heavy atom. The molecule has 0 aliphatic heterocycles. The monoisotopic (exact) mass is 274 g/mol. The lowest BCUT2D eigenvalue weighted by Gasteiger charge is -2.04. The lowest BCUT2D eigenvalue weighted by molar-refractivity contribution is 0.567. The number of hydrogen-bond acceptors (Lipinski definition) is 3. The molecule has 0 aliphatic carbocycles. The van der Waals surface area contributed by atoms with Gasteiger partial charge in [0.2, 0.25) is 0 Å². The SMILES string of the molecule is Cc1nc(=S)c(C)c(-c2cc3cccc(F)c3o2)[nH]1. The van der Waals surface area contributed by atoms with E-state index in [2.05, 4.69) is 9.97 Å². The highest BCUT2D eigenvalue weighted by molar-refractivity contribution is 7.71. The highest BCUT2D eigenvalue weighted by atomic mass is 32.1. The van der Waals surface area contributed by atoms with E-state index in [1.807, 2.05) is 19.9 Å². The van der Waals surface area contributed by atoms with Gasteiger partial charge in [-0.1, -0.05) is 24.4 Å². The normalized spacial score (nSPS) is 11.1. The van der Waals surface area contributed by atoms with Gasteiger partial charge in [-0.05, 0) is 26.0 Å². The summed E-state index contributed by atoms with van der Waals surface area (Å²) in [5.41, 5.74) is 1.82. The fraction of sp³-hybridized carbons (Fsp3) is 0.143. The molecule has 1 N–H and O–H groups in total. The average molecular weight is 274 g/mol. The molecule has 0 aliphatic rings. The minimum Gasteiger partial charge on any atom is -0.451 e. The molecule has 0 atom stereocenters. The van der Waals surface area contributed by atoms with Crippen molar-refractivity contribution in [2.24, 2.45) is 0 Å². The Bertz CT molecular complexity index is 835. The van der Waals surface area contributed by atoms with E-state index in [9.17, 15) is 4.39 Å². The number of aryl methyl sites for hydroxylation is 1. The van der Waals surface area contributed by atoms with Gasteiger partial charge in [0.1, 0.15) is 10.5 Å². The van der Waals surface area contributed by atoms with Gasteiger partial charge in [-0.25, -0.2) is 9.37 Å². The number of halogens is 1. The molecule has 3 rings (SSSR count). The van der Waals surface area contributed by atoms with Crippen LogP contribution in [0.1, 0.15) is 11.4 Å². The summed E-state index contributed by atoms with van der Waals surface area (Å²) in [7, 11) is 0. The Labute approximate surface area is 114 Å². The van der Waals surface area contributed by atoms with Crippen LogP contribution in [0.15, 0.2) is 28.7 Å². The maximum absolute atomic E-state index is 13.6. The second-order valence-electron chi connectivity index (χ2n) is 4.40. The lowest BCUT2D eigenvalue weighted by atomic mass is 10.2. The maximum Gasteiger partial charge on any atom is 0.170 e. The van der Waals surface area contributed by atoms with Gasteiger partial charge in [0, 0.05) is 10.9 Å². The zero-order chi connectivity index (χ0) is 13.6. The summed E-state index contributed by atoms with van der Waals surface area (Å²) in [5, 5.41) is 0.725. The van der Waals surface area contributed by atoms with E-state index in [4.69, 9.17) is 16.6 Å².